The lowest BCUT2D eigenvalue weighted by atomic mass is 10.0. The molecule has 0 unspecified atom stereocenters. The van der Waals surface area contributed by atoms with Gasteiger partial charge in [0.2, 0.25) is 0 Å². The SMILES string of the molecule is Cc1nn(C)c2nc(C3CC3)cc(C(=O)Nc3ccccc3Cc3ccccc3)c12. The van der Waals surface area contributed by atoms with Crippen molar-refractivity contribution in [1.29, 1.82) is 0 Å². The van der Waals surface area contributed by atoms with Gasteiger partial charge in [-0.3, -0.25) is 9.48 Å². The smallest absolute Gasteiger partial charge is 0.256 e. The van der Waals surface area contributed by atoms with Crippen molar-refractivity contribution in [1.82, 2.24) is 14.8 Å². The van der Waals surface area contributed by atoms with Gasteiger partial charge < -0.3 is 5.32 Å². The van der Waals surface area contributed by atoms with Crippen molar-refractivity contribution in [3.63, 3.8) is 0 Å². The second-order valence-electron chi connectivity index (χ2n) is 8.05. The van der Waals surface area contributed by atoms with E-state index in [1.54, 1.807) is 4.68 Å². The molecule has 150 valence electrons. The summed E-state index contributed by atoms with van der Waals surface area (Å²) in [5.41, 5.74) is 6.39. The predicted octanol–water partition coefficient (Wildman–Crippen LogP) is 5.00. The minimum absolute atomic E-state index is 0.110. The quantitative estimate of drug-likeness (QED) is 0.517. The molecule has 1 saturated carbocycles. The lowest BCUT2D eigenvalue weighted by Gasteiger charge is -2.13. The molecule has 4 aromatic rings. The van der Waals surface area contributed by atoms with Crippen LogP contribution in [0.25, 0.3) is 11.0 Å². The second-order valence-corrected chi connectivity index (χ2v) is 8.05. The minimum Gasteiger partial charge on any atom is -0.322 e. The number of para-hydroxylation sites is 1. The molecule has 1 amide bonds. The maximum atomic E-state index is 13.4. The Kier molecular flexibility index (Phi) is 4.58. The van der Waals surface area contributed by atoms with Crippen LogP contribution in [0.3, 0.4) is 0 Å². The van der Waals surface area contributed by atoms with Gasteiger partial charge in [0, 0.05) is 24.3 Å². The van der Waals surface area contributed by atoms with Crippen molar-refractivity contribution in [2.24, 2.45) is 7.05 Å². The van der Waals surface area contributed by atoms with Gasteiger partial charge >= 0.3 is 0 Å². The van der Waals surface area contributed by atoms with Gasteiger partial charge in [-0.15, -0.1) is 0 Å². The van der Waals surface area contributed by atoms with Gasteiger partial charge in [-0.2, -0.15) is 5.10 Å². The molecule has 0 saturated heterocycles. The average molecular weight is 396 g/mol. The first kappa shape index (κ1) is 18.6. The lowest BCUT2D eigenvalue weighted by molar-refractivity contribution is 0.102. The molecule has 5 heteroatoms. The van der Waals surface area contributed by atoms with E-state index in [2.05, 4.69) is 28.6 Å². The molecule has 0 aliphatic heterocycles. The Morgan fingerprint density at radius 2 is 1.83 bits per heavy atom. The van der Waals surface area contributed by atoms with Crippen LogP contribution in [0.15, 0.2) is 60.7 Å². The van der Waals surface area contributed by atoms with Crippen molar-refractivity contribution in [3.8, 4) is 0 Å². The first-order valence-electron chi connectivity index (χ1n) is 10.4. The first-order chi connectivity index (χ1) is 14.6. The van der Waals surface area contributed by atoms with E-state index < -0.39 is 0 Å². The first-order valence-corrected chi connectivity index (χ1v) is 10.4. The maximum absolute atomic E-state index is 13.4. The third-order valence-electron chi connectivity index (χ3n) is 5.73. The van der Waals surface area contributed by atoms with E-state index in [9.17, 15) is 4.79 Å². The Balaban J connectivity index is 1.51. The van der Waals surface area contributed by atoms with Gasteiger partial charge in [-0.25, -0.2) is 4.98 Å². The molecule has 0 bridgehead atoms. The number of aromatic nitrogens is 3. The number of anilines is 1. The summed E-state index contributed by atoms with van der Waals surface area (Å²) in [6.45, 7) is 1.93. The molecule has 2 heterocycles. The van der Waals surface area contributed by atoms with Crippen molar-refractivity contribution in [2.75, 3.05) is 5.32 Å². The number of nitrogens with zero attached hydrogens (tertiary/aromatic N) is 3. The van der Waals surface area contributed by atoms with Crippen molar-refractivity contribution in [2.45, 2.75) is 32.1 Å². The van der Waals surface area contributed by atoms with Gasteiger partial charge in [-0.1, -0.05) is 48.5 Å². The summed E-state index contributed by atoms with van der Waals surface area (Å²) in [4.78, 5) is 18.2. The van der Waals surface area contributed by atoms with Crippen LogP contribution in [-0.2, 0) is 13.5 Å². The highest BCUT2D eigenvalue weighted by molar-refractivity contribution is 6.13. The zero-order chi connectivity index (χ0) is 20.7. The number of benzene rings is 2. The van der Waals surface area contributed by atoms with E-state index in [1.807, 2.05) is 56.4 Å². The zero-order valence-corrected chi connectivity index (χ0v) is 17.2. The molecule has 30 heavy (non-hydrogen) atoms. The van der Waals surface area contributed by atoms with E-state index in [4.69, 9.17) is 4.98 Å². The van der Waals surface area contributed by atoms with Crippen LogP contribution in [0.1, 0.15) is 51.6 Å². The van der Waals surface area contributed by atoms with Crippen molar-refractivity contribution in [3.05, 3.63) is 88.7 Å². The van der Waals surface area contributed by atoms with Crippen LogP contribution < -0.4 is 5.32 Å². The number of aryl methyl sites for hydroxylation is 2. The number of hydrogen-bond donors (Lipinski definition) is 1. The normalized spacial score (nSPS) is 13.5. The molecule has 1 aliphatic carbocycles. The Morgan fingerprint density at radius 3 is 2.60 bits per heavy atom. The summed E-state index contributed by atoms with van der Waals surface area (Å²) < 4.78 is 1.77. The van der Waals surface area contributed by atoms with Crippen molar-refractivity contribution < 1.29 is 4.79 Å². The highest BCUT2D eigenvalue weighted by atomic mass is 16.1. The summed E-state index contributed by atoms with van der Waals surface area (Å²) in [6, 6.07) is 20.2. The summed E-state index contributed by atoms with van der Waals surface area (Å²) in [5, 5.41) is 8.50. The topological polar surface area (TPSA) is 59.8 Å². The molecule has 5 nitrogen and oxygen atoms in total. The highest BCUT2D eigenvalue weighted by Crippen LogP contribution is 2.40. The van der Waals surface area contributed by atoms with Crippen molar-refractivity contribution >= 4 is 22.6 Å². The number of nitrogens with one attached hydrogen (secondary N) is 1. The summed E-state index contributed by atoms with van der Waals surface area (Å²) >= 11 is 0. The average Bonchev–Trinajstić information content (AvgIpc) is 3.56. The Morgan fingerprint density at radius 1 is 1.10 bits per heavy atom. The second kappa shape index (κ2) is 7.41. The van der Waals surface area contributed by atoms with Crippen LogP contribution >= 0.6 is 0 Å². The minimum atomic E-state index is -0.110. The molecule has 2 aromatic carbocycles. The standard InChI is InChI=1S/C25H24N4O/c1-16-23-20(15-22(18-12-13-18)26-24(23)29(2)28-16)25(30)27-21-11-7-6-10-19(21)14-17-8-4-3-5-9-17/h3-11,15,18H,12-14H2,1-2H3,(H,27,30). The van der Waals surface area contributed by atoms with Gasteiger partial charge in [0.25, 0.3) is 5.91 Å². The summed E-state index contributed by atoms with van der Waals surface area (Å²) in [5.74, 6) is 0.349. The van der Waals surface area contributed by atoms with Gasteiger partial charge in [0.15, 0.2) is 5.65 Å². The van der Waals surface area contributed by atoms with E-state index in [-0.39, 0.29) is 5.91 Å². The molecule has 1 fully saturated rings. The van der Waals surface area contributed by atoms with Crippen LogP contribution in [0.2, 0.25) is 0 Å². The van der Waals surface area contributed by atoms with E-state index in [1.165, 1.54) is 5.56 Å². The lowest BCUT2D eigenvalue weighted by Crippen LogP contribution is -2.15. The predicted molar refractivity (Wildman–Crippen MR) is 119 cm³/mol. The third-order valence-corrected chi connectivity index (χ3v) is 5.73. The molecule has 5 rings (SSSR count). The molecule has 1 aliphatic rings. The molecule has 0 radical (unpaired) electrons. The maximum Gasteiger partial charge on any atom is 0.256 e. The summed E-state index contributed by atoms with van der Waals surface area (Å²) in [6.07, 6.45) is 3.04. The van der Waals surface area contributed by atoms with Crippen LogP contribution in [0.4, 0.5) is 5.69 Å². The molecule has 0 atom stereocenters. The van der Waals surface area contributed by atoms with Gasteiger partial charge in [-0.05, 0) is 49.4 Å². The van der Waals surface area contributed by atoms with Crippen LogP contribution in [0.5, 0.6) is 0 Å². The number of fused-ring (bicyclic) bond motifs is 1. The molecule has 2 aromatic heterocycles. The van der Waals surface area contributed by atoms with Crippen LogP contribution in [0, 0.1) is 6.92 Å². The number of rotatable bonds is 5. The van der Waals surface area contributed by atoms with E-state index in [0.717, 1.165) is 52.9 Å². The molecule has 0 spiro atoms. The number of carbonyl (C=O) groups excluding carboxylic acids is 1. The van der Waals surface area contributed by atoms with Gasteiger partial charge in [0.1, 0.15) is 0 Å². The Bertz CT molecular complexity index is 1240. The number of amides is 1. The molecular weight excluding hydrogens is 372 g/mol. The third kappa shape index (κ3) is 3.47. The fourth-order valence-corrected chi connectivity index (χ4v) is 4.03. The highest BCUT2D eigenvalue weighted by Gasteiger charge is 2.28. The van der Waals surface area contributed by atoms with E-state index in [0.29, 0.717) is 11.5 Å². The number of pyridine rings is 1. The number of hydrogen-bond acceptors (Lipinski definition) is 3. The fraction of sp³-hybridized carbons (Fsp3) is 0.240. The Labute approximate surface area is 175 Å². The Hall–Kier alpha value is -3.47. The summed E-state index contributed by atoms with van der Waals surface area (Å²) in [7, 11) is 1.88. The monoisotopic (exact) mass is 396 g/mol. The van der Waals surface area contributed by atoms with E-state index >= 15 is 0 Å². The fourth-order valence-electron chi connectivity index (χ4n) is 4.03. The van der Waals surface area contributed by atoms with Gasteiger partial charge in [0.05, 0.1) is 16.6 Å². The molecule has 1 N–H and O–H groups in total. The zero-order valence-electron chi connectivity index (χ0n) is 17.2. The largest absolute Gasteiger partial charge is 0.322 e. The number of carbonyl (C=O) groups is 1. The van der Waals surface area contributed by atoms with Crippen LogP contribution in [-0.4, -0.2) is 20.7 Å². The molecular formula is C25H24N4O.